The topological polar surface area (TPSA) is 62.2 Å². The fraction of sp³-hybridized carbons (Fsp3) is 0.200. The van der Waals surface area contributed by atoms with Crippen molar-refractivity contribution in [2.75, 3.05) is 11.9 Å². The molecular formula is C15H16N2O2. The van der Waals surface area contributed by atoms with E-state index in [1.807, 2.05) is 18.2 Å². The number of rotatable bonds is 5. The van der Waals surface area contributed by atoms with Crippen molar-refractivity contribution in [3.8, 4) is 0 Å². The third kappa shape index (κ3) is 3.55. The van der Waals surface area contributed by atoms with E-state index in [-0.39, 0.29) is 5.69 Å². The molecule has 0 saturated heterocycles. The van der Waals surface area contributed by atoms with Crippen molar-refractivity contribution in [2.24, 2.45) is 0 Å². The van der Waals surface area contributed by atoms with Crippen LogP contribution in [0.4, 0.5) is 5.69 Å². The van der Waals surface area contributed by atoms with Crippen LogP contribution in [0.5, 0.6) is 0 Å². The van der Waals surface area contributed by atoms with Gasteiger partial charge in [-0.15, -0.1) is 0 Å². The maximum atomic E-state index is 10.8. The van der Waals surface area contributed by atoms with Crippen LogP contribution in [0, 0.1) is 0 Å². The molecule has 4 heteroatoms. The highest BCUT2D eigenvalue weighted by molar-refractivity contribution is 5.86. The molecular weight excluding hydrogens is 240 g/mol. The van der Waals surface area contributed by atoms with E-state index in [9.17, 15) is 4.79 Å². The highest BCUT2D eigenvalue weighted by Gasteiger charge is 2.07. The minimum atomic E-state index is -1.01. The van der Waals surface area contributed by atoms with Gasteiger partial charge in [0, 0.05) is 18.4 Å². The Morgan fingerprint density at radius 2 is 2.05 bits per heavy atom. The van der Waals surface area contributed by atoms with Gasteiger partial charge in [0.15, 0.2) is 0 Å². The number of carbonyl (C=O) groups is 1. The molecule has 1 aromatic carbocycles. The molecule has 1 atom stereocenters. The minimum Gasteiger partial charge on any atom is -0.477 e. The first-order valence-electron chi connectivity index (χ1n) is 6.15. The van der Waals surface area contributed by atoms with Gasteiger partial charge in [0.1, 0.15) is 5.69 Å². The highest BCUT2D eigenvalue weighted by Crippen LogP contribution is 2.16. The van der Waals surface area contributed by atoms with Crippen LogP contribution in [0.3, 0.4) is 0 Å². The second-order valence-corrected chi connectivity index (χ2v) is 4.43. The van der Waals surface area contributed by atoms with Gasteiger partial charge >= 0.3 is 5.97 Å². The molecule has 1 aromatic heterocycles. The maximum absolute atomic E-state index is 10.8. The van der Waals surface area contributed by atoms with Crippen molar-refractivity contribution < 1.29 is 9.90 Å². The number of nitrogens with zero attached hydrogens (tertiary/aromatic N) is 1. The predicted molar refractivity (Wildman–Crippen MR) is 74.5 cm³/mol. The number of anilines is 1. The summed E-state index contributed by atoms with van der Waals surface area (Å²) in [5.74, 6) is -0.664. The zero-order valence-electron chi connectivity index (χ0n) is 10.7. The molecule has 0 fully saturated rings. The average molecular weight is 256 g/mol. The molecule has 4 nitrogen and oxygen atoms in total. The van der Waals surface area contributed by atoms with Gasteiger partial charge in [0.25, 0.3) is 0 Å². The van der Waals surface area contributed by atoms with E-state index in [0.29, 0.717) is 5.92 Å². The number of aromatic carboxylic acids is 1. The van der Waals surface area contributed by atoms with Crippen LogP contribution in [-0.2, 0) is 0 Å². The molecule has 0 aliphatic carbocycles. The number of carboxylic acid groups (broad SMARTS) is 1. The van der Waals surface area contributed by atoms with Crippen molar-refractivity contribution >= 4 is 11.7 Å². The Kier molecular flexibility index (Phi) is 4.13. The summed E-state index contributed by atoms with van der Waals surface area (Å²) in [6.45, 7) is 2.87. The van der Waals surface area contributed by atoms with Gasteiger partial charge in [0.05, 0.1) is 0 Å². The van der Waals surface area contributed by atoms with Gasteiger partial charge in [0.2, 0.25) is 0 Å². The number of pyridine rings is 1. The van der Waals surface area contributed by atoms with Crippen LogP contribution in [0.2, 0.25) is 0 Å². The standard InChI is InChI=1S/C15H16N2O2/c1-11(12-5-3-2-4-6-12)10-17-13-7-8-16-14(9-13)15(18)19/h2-9,11H,10H2,1H3,(H,16,17)(H,18,19). The van der Waals surface area contributed by atoms with E-state index in [2.05, 4.69) is 29.4 Å². The fourth-order valence-electron chi connectivity index (χ4n) is 1.83. The van der Waals surface area contributed by atoms with Crippen LogP contribution < -0.4 is 5.32 Å². The smallest absolute Gasteiger partial charge is 0.354 e. The molecule has 0 aliphatic rings. The predicted octanol–water partition coefficient (Wildman–Crippen LogP) is 3.00. The van der Waals surface area contributed by atoms with Gasteiger partial charge < -0.3 is 10.4 Å². The van der Waals surface area contributed by atoms with E-state index in [1.165, 1.54) is 11.8 Å². The summed E-state index contributed by atoms with van der Waals surface area (Å²) in [5.41, 5.74) is 2.08. The first-order valence-corrected chi connectivity index (χ1v) is 6.15. The number of benzene rings is 1. The summed E-state index contributed by atoms with van der Waals surface area (Å²) < 4.78 is 0. The lowest BCUT2D eigenvalue weighted by Gasteiger charge is -2.14. The molecule has 2 aromatic rings. The summed E-state index contributed by atoms with van der Waals surface area (Å²) in [6.07, 6.45) is 1.50. The molecule has 0 saturated carbocycles. The zero-order chi connectivity index (χ0) is 13.7. The monoisotopic (exact) mass is 256 g/mol. The zero-order valence-corrected chi connectivity index (χ0v) is 10.7. The lowest BCUT2D eigenvalue weighted by atomic mass is 10.0. The SMILES string of the molecule is CC(CNc1ccnc(C(=O)O)c1)c1ccccc1. The first kappa shape index (κ1) is 13.1. The Bertz CT molecular complexity index is 555. The molecule has 0 bridgehead atoms. The van der Waals surface area contributed by atoms with Crippen molar-refractivity contribution in [1.29, 1.82) is 0 Å². The molecule has 2 rings (SSSR count). The molecule has 0 amide bonds. The normalized spacial score (nSPS) is 11.8. The van der Waals surface area contributed by atoms with Crippen LogP contribution in [-0.4, -0.2) is 22.6 Å². The van der Waals surface area contributed by atoms with E-state index < -0.39 is 5.97 Å². The lowest BCUT2D eigenvalue weighted by molar-refractivity contribution is 0.0690. The molecule has 1 heterocycles. The Labute approximate surface area is 112 Å². The molecule has 0 spiro atoms. The van der Waals surface area contributed by atoms with Crippen LogP contribution in [0.15, 0.2) is 48.7 Å². The Morgan fingerprint density at radius 1 is 1.32 bits per heavy atom. The van der Waals surface area contributed by atoms with Gasteiger partial charge in [-0.05, 0) is 23.6 Å². The second-order valence-electron chi connectivity index (χ2n) is 4.43. The summed E-state index contributed by atoms with van der Waals surface area (Å²) in [5, 5.41) is 12.1. The highest BCUT2D eigenvalue weighted by atomic mass is 16.4. The first-order chi connectivity index (χ1) is 9.16. The summed E-state index contributed by atoms with van der Waals surface area (Å²) in [6, 6.07) is 13.5. The van der Waals surface area contributed by atoms with Crippen LogP contribution >= 0.6 is 0 Å². The molecule has 19 heavy (non-hydrogen) atoms. The molecule has 1 unspecified atom stereocenters. The molecule has 2 N–H and O–H groups in total. The molecule has 0 radical (unpaired) electrons. The number of aromatic nitrogens is 1. The number of nitrogens with one attached hydrogen (secondary N) is 1. The van der Waals surface area contributed by atoms with E-state index in [0.717, 1.165) is 12.2 Å². The molecule has 0 aliphatic heterocycles. The Hall–Kier alpha value is -2.36. The van der Waals surface area contributed by atoms with Crippen molar-refractivity contribution in [3.05, 3.63) is 59.9 Å². The lowest BCUT2D eigenvalue weighted by Crippen LogP contribution is -2.10. The summed E-state index contributed by atoms with van der Waals surface area (Å²) >= 11 is 0. The Morgan fingerprint density at radius 3 is 2.74 bits per heavy atom. The second kappa shape index (κ2) is 6.00. The largest absolute Gasteiger partial charge is 0.477 e. The number of carboxylic acids is 1. The Balaban J connectivity index is 1.99. The quantitative estimate of drug-likeness (QED) is 0.863. The third-order valence-corrected chi connectivity index (χ3v) is 2.96. The van der Waals surface area contributed by atoms with E-state index >= 15 is 0 Å². The van der Waals surface area contributed by atoms with Crippen LogP contribution in [0.1, 0.15) is 28.9 Å². The average Bonchev–Trinajstić information content (AvgIpc) is 2.46. The molecule has 98 valence electrons. The van der Waals surface area contributed by atoms with Crippen molar-refractivity contribution in [3.63, 3.8) is 0 Å². The van der Waals surface area contributed by atoms with Gasteiger partial charge in [-0.1, -0.05) is 37.3 Å². The van der Waals surface area contributed by atoms with E-state index in [1.54, 1.807) is 12.1 Å². The van der Waals surface area contributed by atoms with Crippen molar-refractivity contribution in [1.82, 2.24) is 4.98 Å². The van der Waals surface area contributed by atoms with Crippen molar-refractivity contribution in [2.45, 2.75) is 12.8 Å². The van der Waals surface area contributed by atoms with Gasteiger partial charge in [-0.3, -0.25) is 0 Å². The third-order valence-electron chi connectivity index (χ3n) is 2.96. The summed E-state index contributed by atoms with van der Waals surface area (Å²) in [4.78, 5) is 14.6. The minimum absolute atomic E-state index is 0.0531. The van der Waals surface area contributed by atoms with Gasteiger partial charge in [-0.25, -0.2) is 9.78 Å². The maximum Gasteiger partial charge on any atom is 0.354 e. The fourth-order valence-corrected chi connectivity index (χ4v) is 1.83. The van der Waals surface area contributed by atoms with Crippen LogP contribution in [0.25, 0.3) is 0 Å². The number of hydrogen-bond donors (Lipinski definition) is 2. The van der Waals surface area contributed by atoms with E-state index in [4.69, 9.17) is 5.11 Å². The van der Waals surface area contributed by atoms with Gasteiger partial charge in [-0.2, -0.15) is 0 Å². The summed E-state index contributed by atoms with van der Waals surface area (Å²) in [7, 11) is 0. The number of hydrogen-bond acceptors (Lipinski definition) is 3.